The standard InChI is InChI=1S/C11H21NO/c1-10(2)5-7-12-9-11(3)6-4-8-13-11/h5,12H,4,6-9H2,1-3H3. The van der Waals surface area contributed by atoms with Crippen molar-refractivity contribution >= 4 is 0 Å². The predicted octanol–water partition coefficient (Wildman–Crippen LogP) is 2.11. The van der Waals surface area contributed by atoms with Crippen molar-refractivity contribution in [3.05, 3.63) is 11.6 Å². The molecule has 13 heavy (non-hydrogen) atoms. The molecule has 1 fully saturated rings. The van der Waals surface area contributed by atoms with Crippen molar-refractivity contribution in [1.82, 2.24) is 5.32 Å². The van der Waals surface area contributed by atoms with Crippen molar-refractivity contribution in [3.63, 3.8) is 0 Å². The average molecular weight is 183 g/mol. The van der Waals surface area contributed by atoms with E-state index in [1.807, 2.05) is 0 Å². The van der Waals surface area contributed by atoms with E-state index in [1.165, 1.54) is 18.4 Å². The lowest BCUT2D eigenvalue weighted by Gasteiger charge is -2.23. The number of rotatable bonds is 4. The van der Waals surface area contributed by atoms with Gasteiger partial charge in [0.25, 0.3) is 0 Å². The minimum atomic E-state index is 0.0927. The van der Waals surface area contributed by atoms with Crippen LogP contribution in [0.2, 0.25) is 0 Å². The van der Waals surface area contributed by atoms with E-state index in [4.69, 9.17) is 4.74 Å². The van der Waals surface area contributed by atoms with Crippen LogP contribution in [0.25, 0.3) is 0 Å². The Morgan fingerprint density at radius 3 is 2.85 bits per heavy atom. The summed E-state index contributed by atoms with van der Waals surface area (Å²) in [4.78, 5) is 0. The molecule has 2 heteroatoms. The monoisotopic (exact) mass is 183 g/mol. The zero-order valence-corrected chi connectivity index (χ0v) is 9.02. The van der Waals surface area contributed by atoms with Crippen LogP contribution >= 0.6 is 0 Å². The zero-order valence-electron chi connectivity index (χ0n) is 9.02. The van der Waals surface area contributed by atoms with E-state index in [1.54, 1.807) is 0 Å². The summed E-state index contributed by atoms with van der Waals surface area (Å²) >= 11 is 0. The molecule has 0 aromatic rings. The first-order chi connectivity index (χ1) is 6.12. The molecule has 2 nitrogen and oxygen atoms in total. The molecule has 0 radical (unpaired) electrons. The fraction of sp³-hybridized carbons (Fsp3) is 0.818. The highest BCUT2D eigenvalue weighted by Gasteiger charge is 2.28. The van der Waals surface area contributed by atoms with Gasteiger partial charge in [-0.1, -0.05) is 11.6 Å². The highest BCUT2D eigenvalue weighted by molar-refractivity contribution is 4.95. The lowest BCUT2D eigenvalue weighted by Crippen LogP contribution is -2.37. The molecule has 0 aliphatic carbocycles. The van der Waals surface area contributed by atoms with E-state index in [2.05, 4.69) is 32.2 Å². The van der Waals surface area contributed by atoms with Gasteiger partial charge in [-0.2, -0.15) is 0 Å². The molecule has 0 aromatic heterocycles. The van der Waals surface area contributed by atoms with Crippen LogP contribution < -0.4 is 5.32 Å². The van der Waals surface area contributed by atoms with Crippen LogP contribution in [0.5, 0.6) is 0 Å². The quantitative estimate of drug-likeness (QED) is 0.532. The van der Waals surface area contributed by atoms with Crippen LogP contribution in [-0.4, -0.2) is 25.3 Å². The van der Waals surface area contributed by atoms with Gasteiger partial charge in [0.15, 0.2) is 0 Å². The lowest BCUT2D eigenvalue weighted by molar-refractivity contribution is 0.0216. The Labute approximate surface area is 81.4 Å². The van der Waals surface area contributed by atoms with Crippen molar-refractivity contribution in [3.8, 4) is 0 Å². The molecule has 0 amide bonds. The van der Waals surface area contributed by atoms with E-state index in [9.17, 15) is 0 Å². The number of nitrogens with one attached hydrogen (secondary N) is 1. The number of allylic oxidation sites excluding steroid dienone is 1. The maximum atomic E-state index is 5.66. The molecule has 1 N–H and O–H groups in total. The summed E-state index contributed by atoms with van der Waals surface area (Å²) in [5.74, 6) is 0. The number of hydrogen-bond acceptors (Lipinski definition) is 2. The molecule has 0 spiro atoms. The molecule has 1 rings (SSSR count). The Kier molecular flexibility index (Phi) is 3.94. The molecule has 76 valence electrons. The average Bonchev–Trinajstić information content (AvgIpc) is 2.47. The summed E-state index contributed by atoms with van der Waals surface area (Å²) in [5, 5.41) is 3.40. The van der Waals surface area contributed by atoms with Crippen molar-refractivity contribution in [2.75, 3.05) is 19.7 Å². The van der Waals surface area contributed by atoms with Crippen LogP contribution in [0.1, 0.15) is 33.6 Å². The van der Waals surface area contributed by atoms with E-state index in [0.29, 0.717) is 0 Å². The minimum Gasteiger partial charge on any atom is -0.374 e. The zero-order chi connectivity index (χ0) is 9.73. The molecule has 0 bridgehead atoms. The number of hydrogen-bond donors (Lipinski definition) is 1. The van der Waals surface area contributed by atoms with Gasteiger partial charge in [0.05, 0.1) is 5.60 Å². The first-order valence-corrected chi connectivity index (χ1v) is 5.10. The fourth-order valence-electron chi connectivity index (χ4n) is 1.59. The summed E-state index contributed by atoms with van der Waals surface area (Å²) in [6.07, 6.45) is 4.61. The van der Waals surface area contributed by atoms with Gasteiger partial charge >= 0.3 is 0 Å². The summed E-state index contributed by atoms with van der Waals surface area (Å²) in [6, 6.07) is 0. The van der Waals surface area contributed by atoms with Gasteiger partial charge in [-0.3, -0.25) is 0 Å². The summed E-state index contributed by atoms with van der Waals surface area (Å²) < 4.78 is 5.66. The third kappa shape index (κ3) is 3.92. The van der Waals surface area contributed by atoms with Crippen LogP contribution in [0.3, 0.4) is 0 Å². The van der Waals surface area contributed by atoms with Gasteiger partial charge in [0.2, 0.25) is 0 Å². The Bertz CT molecular complexity index is 177. The van der Waals surface area contributed by atoms with E-state index >= 15 is 0 Å². The topological polar surface area (TPSA) is 21.3 Å². The molecule has 1 aliphatic rings. The van der Waals surface area contributed by atoms with Crippen molar-refractivity contribution in [2.24, 2.45) is 0 Å². The van der Waals surface area contributed by atoms with E-state index in [-0.39, 0.29) is 5.60 Å². The SMILES string of the molecule is CC(C)=CCNCC1(C)CCCO1. The highest BCUT2D eigenvalue weighted by Crippen LogP contribution is 2.23. The lowest BCUT2D eigenvalue weighted by atomic mass is 10.0. The largest absolute Gasteiger partial charge is 0.374 e. The van der Waals surface area contributed by atoms with Crippen LogP contribution in [0.15, 0.2) is 11.6 Å². The Morgan fingerprint density at radius 1 is 1.54 bits per heavy atom. The normalized spacial score (nSPS) is 27.6. The van der Waals surface area contributed by atoms with Gasteiger partial charge < -0.3 is 10.1 Å². The Morgan fingerprint density at radius 2 is 2.31 bits per heavy atom. The van der Waals surface area contributed by atoms with Crippen molar-refractivity contribution in [2.45, 2.75) is 39.2 Å². The third-order valence-electron chi connectivity index (χ3n) is 2.45. The second kappa shape index (κ2) is 4.77. The maximum Gasteiger partial charge on any atom is 0.0779 e. The maximum absolute atomic E-state index is 5.66. The molecule has 1 aliphatic heterocycles. The molecule has 1 saturated heterocycles. The third-order valence-corrected chi connectivity index (χ3v) is 2.45. The Balaban J connectivity index is 2.15. The predicted molar refractivity (Wildman–Crippen MR) is 55.9 cm³/mol. The molecule has 1 atom stereocenters. The van der Waals surface area contributed by atoms with Crippen LogP contribution in [0, 0.1) is 0 Å². The van der Waals surface area contributed by atoms with Gasteiger partial charge in [-0.15, -0.1) is 0 Å². The second-order valence-corrected chi connectivity index (χ2v) is 4.31. The van der Waals surface area contributed by atoms with Crippen LogP contribution in [0.4, 0.5) is 0 Å². The first-order valence-electron chi connectivity index (χ1n) is 5.10. The summed E-state index contributed by atoms with van der Waals surface area (Å²) in [7, 11) is 0. The molecule has 0 saturated carbocycles. The fourth-order valence-corrected chi connectivity index (χ4v) is 1.59. The first kappa shape index (κ1) is 10.7. The van der Waals surface area contributed by atoms with Gasteiger partial charge in [0.1, 0.15) is 0 Å². The van der Waals surface area contributed by atoms with E-state index in [0.717, 1.165) is 19.7 Å². The molecule has 1 heterocycles. The minimum absolute atomic E-state index is 0.0927. The molecular weight excluding hydrogens is 162 g/mol. The number of ether oxygens (including phenoxy) is 1. The molecular formula is C11H21NO. The molecule has 0 aromatic carbocycles. The second-order valence-electron chi connectivity index (χ2n) is 4.31. The Hall–Kier alpha value is -0.340. The van der Waals surface area contributed by atoms with Crippen molar-refractivity contribution in [1.29, 1.82) is 0 Å². The van der Waals surface area contributed by atoms with E-state index < -0.39 is 0 Å². The van der Waals surface area contributed by atoms with Crippen molar-refractivity contribution < 1.29 is 4.74 Å². The smallest absolute Gasteiger partial charge is 0.0779 e. The van der Waals surface area contributed by atoms with Crippen LogP contribution in [-0.2, 0) is 4.74 Å². The summed E-state index contributed by atoms with van der Waals surface area (Å²) in [6.45, 7) is 9.29. The summed E-state index contributed by atoms with van der Waals surface area (Å²) in [5.41, 5.74) is 1.46. The van der Waals surface area contributed by atoms with Gasteiger partial charge in [0, 0.05) is 19.7 Å². The van der Waals surface area contributed by atoms with Gasteiger partial charge in [-0.25, -0.2) is 0 Å². The highest BCUT2D eigenvalue weighted by atomic mass is 16.5. The van der Waals surface area contributed by atoms with Gasteiger partial charge in [-0.05, 0) is 33.6 Å². The molecule has 1 unspecified atom stereocenters.